The quantitative estimate of drug-likeness (QED) is 0.783. The van der Waals surface area contributed by atoms with Gasteiger partial charge in [0, 0.05) is 19.3 Å². The summed E-state index contributed by atoms with van der Waals surface area (Å²) in [5.41, 5.74) is 1.15. The van der Waals surface area contributed by atoms with Gasteiger partial charge in [-0.25, -0.2) is 0 Å². The van der Waals surface area contributed by atoms with Crippen LogP contribution in [0.5, 0.6) is 0 Å². The second kappa shape index (κ2) is 4.05. The molecule has 1 aliphatic heterocycles. The van der Waals surface area contributed by atoms with Crippen LogP contribution in [-0.2, 0) is 7.05 Å². The van der Waals surface area contributed by atoms with E-state index in [4.69, 9.17) is 0 Å². The van der Waals surface area contributed by atoms with Gasteiger partial charge >= 0.3 is 0 Å². The van der Waals surface area contributed by atoms with Crippen LogP contribution in [0.15, 0.2) is 12.4 Å². The minimum Gasteiger partial charge on any atom is -0.380 e. The van der Waals surface area contributed by atoms with Crippen molar-refractivity contribution in [3.05, 3.63) is 12.4 Å². The van der Waals surface area contributed by atoms with Crippen molar-refractivity contribution in [2.45, 2.75) is 18.9 Å². The minimum absolute atomic E-state index is 0.658. The summed E-state index contributed by atoms with van der Waals surface area (Å²) < 4.78 is 1.83. The number of nitrogens with zero attached hydrogens (tertiary/aromatic N) is 2. The average molecular weight is 197 g/mol. The van der Waals surface area contributed by atoms with Crippen molar-refractivity contribution in [1.82, 2.24) is 9.78 Å². The molecule has 0 aliphatic carbocycles. The van der Waals surface area contributed by atoms with Gasteiger partial charge in [-0.15, -0.1) is 0 Å². The van der Waals surface area contributed by atoms with Crippen molar-refractivity contribution in [1.29, 1.82) is 0 Å². The Morgan fingerprint density at radius 1 is 1.54 bits per heavy atom. The Hall–Kier alpha value is -0.640. The van der Waals surface area contributed by atoms with E-state index in [1.807, 2.05) is 24.1 Å². The second-order valence-corrected chi connectivity index (χ2v) is 4.66. The minimum atomic E-state index is 0.658. The van der Waals surface area contributed by atoms with E-state index in [0.29, 0.717) is 6.04 Å². The molecule has 1 aromatic rings. The van der Waals surface area contributed by atoms with E-state index >= 15 is 0 Å². The summed E-state index contributed by atoms with van der Waals surface area (Å²) in [5.74, 6) is 2.58. The number of hydrogen-bond acceptors (Lipinski definition) is 3. The molecule has 13 heavy (non-hydrogen) atoms. The topological polar surface area (TPSA) is 29.9 Å². The SMILES string of the molecule is Cn1cc(NC2CCSCC2)cn1. The summed E-state index contributed by atoms with van der Waals surface area (Å²) in [5, 5.41) is 7.64. The van der Waals surface area contributed by atoms with Crippen molar-refractivity contribution in [3.63, 3.8) is 0 Å². The van der Waals surface area contributed by atoms with Crippen LogP contribution in [0, 0.1) is 0 Å². The third-order valence-corrected chi connectivity index (χ3v) is 3.35. The van der Waals surface area contributed by atoms with Crippen LogP contribution >= 0.6 is 11.8 Å². The van der Waals surface area contributed by atoms with Crippen molar-refractivity contribution in [3.8, 4) is 0 Å². The summed E-state index contributed by atoms with van der Waals surface area (Å²) in [6, 6.07) is 0.658. The van der Waals surface area contributed by atoms with Crippen molar-refractivity contribution >= 4 is 17.4 Å². The average Bonchev–Trinajstić information content (AvgIpc) is 2.53. The van der Waals surface area contributed by atoms with E-state index in [1.165, 1.54) is 24.3 Å². The largest absolute Gasteiger partial charge is 0.380 e. The van der Waals surface area contributed by atoms with Crippen LogP contribution in [0.4, 0.5) is 5.69 Å². The molecule has 1 N–H and O–H groups in total. The smallest absolute Gasteiger partial charge is 0.0728 e. The van der Waals surface area contributed by atoms with E-state index in [-0.39, 0.29) is 0 Å². The van der Waals surface area contributed by atoms with E-state index in [1.54, 1.807) is 0 Å². The molecule has 0 amide bonds. The first-order valence-electron chi connectivity index (χ1n) is 4.67. The highest BCUT2D eigenvalue weighted by Crippen LogP contribution is 2.20. The monoisotopic (exact) mass is 197 g/mol. The van der Waals surface area contributed by atoms with E-state index < -0.39 is 0 Å². The molecule has 0 radical (unpaired) electrons. The summed E-state index contributed by atoms with van der Waals surface area (Å²) in [6.45, 7) is 0. The number of rotatable bonds is 2. The molecule has 0 atom stereocenters. The summed E-state index contributed by atoms with van der Waals surface area (Å²) in [7, 11) is 1.95. The number of aryl methyl sites for hydroxylation is 1. The first-order valence-corrected chi connectivity index (χ1v) is 5.83. The van der Waals surface area contributed by atoms with Gasteiger partial charge in [-0.05, 0) is 24.3 Å². The van der Waals surface area contributed by atoms with Gasteiger partial charge in [-0.1, -0.05) is 0 Å². The predicted octanol–water partition coefficient (Wildman–Crippen LogP) is 1.73. The molecule has 4 heteroatoms. The Kier molecular flexibility index (Phi) is 2.78. The third-order valence-electron chi connectivity index (χ3n) is 2.30. The number of hydrogen-bond donors (Lipinski definition) is 1. The highest BCUT2D eigenvalue weighted by molar-refractivity contribution is 7.99. The van der Waals surface area contributed by atoms with Gasteiger partial charge in [0.05, 0.1) is 11.9 Å². The van der Waals surface area contributed by atoms with Crippen LogP contribution in [0.25, 0.3) is 0 Å². The van der Waals surface area contributed by atoms with Crippen molar-refractivity contribution < 1.29 is 0 Å². The Morgan fingerprint density at radius 3 is 2.92 bits per heavy atom. The first kappa shape index (κ1) is 8.94. The van der Waals surface area contributed by atoms with Crippen LogP contribution in [0.2, 0.25) is 0 Å². The van der Waals surface area contributed by atoms with Gasteiger partial charge in [0.25, 0.3) is 0 Å². The fraction of sp³-hybridized carbons (Fsp3) is 0.667. The molecule has 0 unspecified atom stereocenters. The lowest BCUT2D eigenvalue weighted by molar-refractivity contribution is 0.666. The molecule has 2 rings (SSSR count). The van der Waals surface area contributed by atoms with Gasteiger partial charge in [-0.3, -0.25) is 4.68 Å². The maximum absolute atomic E-state index is 4.13. The summed E-state index contributed by atoms with van der Waals surface area (Å²) >= 11 is 2.05. The fourth-order valence-corrected chi connectivity index (χ4v) is 2.68. The zero-order valence-electron chi connectivity index (χ0n) is 7.86. The third kappa shape index (κ3) is 2.40. The standard InChI is InChI=1S/C9H15N3S/c1-12-7-9(6-10-12)11-8-2-4-13-5-3-8/h6-8,11H,2-5H2,1H3. The lowest BCUT2D eigenvalue weighted by Gasteiger charge is -2.22. The fourth-order valence-electron chi connectivity index (χ4n) is 1.57. The number of thioether (sulfide) groups is 1. The molecule has 1 aromatic heterocycles. The van der Waals surface area contributed by atoms with Gasteiger partial charge in [0.2, 0.25) is 0 Å². The molecule has 0 spiro atoms. The normalized spacial score (nSPS) is 18.8. The Bertz CT molecular complexity index is 266. The van der Waals surface area contributed by atoms with E-state index in [0.717, 1.165) is 5.69 Å². The molecular formula is C9H15N3S. The zero-order chi connectivity index (χ0) is 9.10. The highest BCUT2D eigenvalue weighted by atomic mass is 32.2. The van der Waals surface area contributed by atoms with Crippen LogP contribution in [0.1, 0.15) is 12.8 Å². The highest BCUT2D eigenvalue weighted by Gasteiger charge is 2.13. The molecule has 0 bridgehead atoms. The molecule has 72 valence electrons. The van der Waals surface area contributed by atoms with E-state index in [2.05, 4.69) is 22.2 Å². The van der Waals surface area contributed by atoms with Gasteiger partial charge < -0.3 is 5.32 Å². The lowest BCUT2D eigenvalue weighted by Crippen LogP contribution is -2.24. The molecule has 2 heterocycles. The lowest BCUT2D eigenvalue weighted by atomic mass is 10.1. The maximum atomic E-state index is 4.13. The molecule has 0 saturated carbocycles. The summed E-state index contributed by atoms with van der Waals surface area (Å²) in [4.78, 5) is 0. The van der Waals surface area contributed by atoms with Crippen LogP contribution < -0.4 is 5.32 Å². The molecule has 0 aromatic carbocycles. The van der Waals surface area contributed by atoms with E-state index in [9.17, 15) is 0 Å². The Labute approximate surface area is 82.9 Å². The summed E-state index contributed by atoms with van der Waals surface area (Å²) in [6.07, 6.45) is 6.47. The van der Waals surface area contributed by atoms with Gasteiger partial charge in [0.1, 0.15) is 0 Å². The van der Waals surface area contributed by atoms with Crippen LogP contribution in [-0.4, -0.2) is 27.3 Å². The molecule has 1 fully saturated rings. The molecule has 1 aliphatic rings. The van der Waals surface area contributed by atoms with Crippen molar-refractivity contribution in [2.24, 2.45) is 7.05 Å². The Balaban J connectivity index is 1.89. The molecular weight excluding hydrogens is 182 g/mol. The molecule has 3 nitrogen and oxygen atoms in total. The number of nitrogens with one attached hydrogen (secondary N) is 1. The maximum Gasteiger partial charge on any atom is 0.0728 e. The number of anilines is 1. The predicted molar refractivity (Wildman–Crippen MR) is 57.2 cm³/mol. The van der Waals surface area contributed by atoms with Crippen molar-refractivity contribution in [2.75, 3.05) is 16.8 Å². The number of aromatic nitrogens is 2. The zero-order valence-corrected chi connectivity index (χ0v) is 8.68. The Morgan fingerprint density at radius 2 is 2.31 bits per heavy atom. The van der Waals surface area contributed by atoms with Gasteiger partial charge in [0.15, 0.2) is 0 Å². The first-order chi connectivity index (χ1) is 6.34. The van der Waals surface area contributed by atoms with Crippen LogP contribution in [0.3, 0.4) is 0 Å². The second-order valence-electron chi connectivity index (χ2n) is 3.43. The molecule has 1 saturated heterocycles. The van der Waals surface area contributed by atoms with Gasteiger partial charge in [-0.2, -0.15) is 16.9 Å².